The van der Waals surface area contributed by atoms with Crippen LogP contribution in [0.3, 0.4) is 0 Å². The minimum atomic E-state index is -0.161. The Balaban J connectivity index is 2.47. The lowest BCUT2D eigenvalue weighted by atomic mass is 9.97. The van der Waals surface area contributed by atoms with Gasteiger partial charge in [0.2, 0.25) is 0 Å². The molecule has 3 unspecified atom stereocenters. The van der Waals surface area contributed by atoms with Crippen molar-refractivity contribution in [3.8, 4) is 0 Å². The van der Waals surface area contributed by atoms with Crippen LogP contribution in [-0.4, -0.2) is 48.7 Å². The Morgan fingerprint density at radius 3 is 2.47 bits per heavy atom. The van der Waals surface area contributed by atoms with Gasteiger partial charge in [0.1, 0.15) is 6.04 Å². The van der Waals surface area contributed by atoms with Gasteiger partial charge in [-0.05, 0) is 46.6 Å². The van der Waals surface area contributed by atoms with Gasteiger partial charge in [-0.1, -0.05) is 13.3 Å². The maximum atomic E-state index is 11.9. The zero-order chi connectivity index (χ0) is 14.3. The molecule has 0 aliphatic carbocycles. The van der Waals surface area contributed by atoms with E-state index in [0.717, 1.165) is 19.5 Å². The third-order valence-corrected chi connectivity index (χ3v) is 4.07. The van der Waals surface area contributed by atoms with E-state index in [-0.39, 0.29) is 12.0 Å². The Bertz CT molecular complexity index is 261. The Labute approximate surface area is 117 Å². The maximum absolute atomic E-state index is 11.9. The number of hydrogen-bond donors (Lipinski definition) is 1. The number of rotatable bonds is 7. The second-order valence-corrected chi connectivity index (χ2v) is 5.52. The average Bonchev–Trinajstić information content (AvgIpc) is 2.37. The highest BCUT2D eigenvalue weighted by Gasteiger charge is 2.26. The minimum absolute atomic E-state index is 0.110. The summed E-state index contributed by atoms with van der Waals surface area (Å²) in [7, 11) is 0. The molecule has 1 aliphatic rings. The maximum Gasteiger partial charge on any atom is 0.323 e. The van der Waals surface area contributed by atoms with Crippen LogP contribution in [0, 0.1) is 0 Å². The molecule has 1 aliphatic heterocycles. The Hall–Kier alpha value is -0.610. The zero-order valence-electron chi connectivity index (χ0n) is 12.9. The van der Waals surface area contributed by atoms with Crippen LogP contribution in [0.5, 0.6) is 0 Å². The second-order valence-electron chi connectivity index (χ2n) is 5.52. The molecule has 4 heteroatoms. The van der Waals surface area contributed by atoms with Crippen LogP contribution >= 0.6 is 0 Å². The Kier molecular flexibility index (Phi) is 7.39. The summed E-state index contributed by atoms with van der Waals surface area (Å²) in [6.45, 7) is 10.7. The standard InChI is InChI=1S/C15H30N2O2/c1-5-16-14(15(18)19-6-2)10-11-17-12(3)8-7-9-13(17)4/h12-14,16H,5-11H2,1-4H3. The van der Waals surface area contributed by atoms with Gasteiger partial charge in [0.15, 0.2) is 0 Å². The van der Waals surface area contributed by atoms with Gasteiger partial charge >= 0.3 is 5.97 Å². The molecule has 1 heterocycles. The first-order chi connectivity index (χ1) is 9.10. The van der Waals surface area contributed by atoms with Crippen LogP contribution in [0.25, 0.3) is 0 Å². The summed E-state index contributed by atoms with van der Waals surface area (Å²) in [4.78, 5) is 14.4. The molecular formula is C15H30N2O2. The molecule has 0 bridgehead atoms. The van der Waals surface area contributed by atoms with Gasteiger partial charge in [-0.25, -0.2) is 0 Å². The highest BCUT2D eigenvalue weighted by Crippen LogP contribution is 2.22. The molecule has 0 aromatic carbocycles. The number of likely N-dealkylation sites (tertiary alicyclic amines) is 1. The highest BCUT2D eigenvalue weighted by atomic mass is 16.5. The zero-order valence-corrected chi connectivity index (χ0v) is 12.9. The van der Waals surface area contributed by atoms with E-state index in [1.807, 2.05) is 13.8 Å². The number of carbonyl (C=O) groups excluding carboxylic acids is 1. The topological polar surface area (TPSA) is 41.6 Å². The van der Waals surface area contributed by atoms with Crippen molar-refractivity contribution in [1.29, 1.82) is 0 Å². The van der Waals surface area contributed by atoms with Crippen LogP contribution in [0.15, 0.2) is 0 Å². The SMILES string of the molecule is CCNC(CCN1C(C)CCCC1C)C(=O)OCC. The first-order valence-corrected chi connectivity index (χ1v) is 7.75. The molecule has 0 spiro atoms. The Morgan fingerprint density at radius 2 is 1.95 bits per heavy atom. The molecule has 1 saturated heterocycles. The van der Waals surface area contributed by atoms with E-state index in [9.17, 15) is 4.79 Å². The predicted octanol–water partition coefficient (Wildman–Crippen LogP) is 2.18. The van der Waals surface area contributed by atoms with E-state index < -0.39 is 0 Å². The summed E-state index contributed by atoms with van der Waals surface area (Å²) in [5.74, 6) is -0.110. The summed E-state index contributed by atoms with van der Waals surface area (Å²) in [6.07, 6.45) is 4.71. The van der Waals surface area contributed by atoms with Crippen LogP contribution < -0.4 is 5.32 Å². The van der Waals surface area contributed by atoms with Gasteiger partial charge in [-0.3, -0.25) is 9.69 Å². The van der Waals surface area contributed by atoms with Crippen molar-refractivity contribution in [3.63, 3.8) is 0 Å². The predicted molar refractivity (Wildman–Crippen MR) is 78.2 cm³/mol. The number of esters is 1. The number of piperidine rings is 1. The van der Waals surface area contributed by atoms with Gasteiger partial charge in [0.25, 0.3) is 0 Å². The van der Waals surface area contributed by atoms with Gasteiger partial charge in [0.05, 0.1) is 6.61 Å². The van der Waals surface area contributed by atoms with Gasteiger partial charge in [0, 0.05) is 18.6 Å². The molecule has 0 saturated carbocycles. The van der Waals surface area contributed by atoms with E-state index in [4.69, 9.17) is 4.74 Å². The first kappa shape index (κ1) is 16.4. The van der Waals surface area contributed by atoms with Gasteiger partial charge < -0.3 is 10.1 Å². The average molecular weight is 270 g/mol. The van der Waals surface area contributed by atoms with Crippen molar-refractivity contribution in [2.75, 3.05) is 19.7 Å². The lowest BCUT2D eigenvalue weighted by Gasteiger charge is -2.39. The molecule has 3 atom stereocenters. The second kappa shape index (κ2) is 8.54. The van der Waals surface area contributed by atoms with Crippen molar-refractivity contribution in [3.05, 3.63) is 0 Å². The molecule has 4 nitrogen and oxygen atoms in total. The third kappa shape index (κ3) is 5.11. The molecule has 112 valence electrons. The number of ether oxygens (including phenoxy) is 1. The largest absolute Gasteiger partial charge is 0.465 e. The third-order valence-electron chi connectivity index (χ3n) is 4.07. The number of nitrogens with one attached hydrogen (secondary N) is 1. The lowest BCUT2D eigenvalue weighted by molar-refractivity contribution is -0.146. The smallest absolute Gasteiger partial charge is 0.323 e. The molecule has 0 aromatic heterocycles. The molecule has 0 aromatic rings. The van der Waals surface area contributed by atoms with Crippen molar-refractivity contribution < 1.29 is 9.53 Å². The van der Waals surface area contributed by atoms with Crippen molar-refractivity contribution in [2.45, 2.75) is 71.5 Å². The molecule has 19 heavy (non-hydrogen) atoms. The molecule has 1 N–H and O–H groups in total. The Morgan fingerprint density at radius 1 is 1.32 bits per heavy atom. The van der Waals surface area contributed by atoms with Gasteiger partial charge in [-0.15, -0.1) is 0 Å². The highest BCUT2D eigenvalue weighted by molar-refractivity contribution is 5.75. The summed E-state index contributed by atoms with van der Waals surface area (Å²) in [5, 5.41) is 3.24. The first-order valence-electron chi connectivity index (χ1n) is 7.75. The summed E-state index contributed by atoms with van der Waals surface area (Å²) < 4.78 is 5.13. The van der Waals surface area contributed by atoms with Gasteiger partial charge in [-0.2, -0.15) is 0 Å². The van der Waals surface area contributed by atoms with Crippen LogP contribution in [0.2, 0.25) is 0 Å². The van der Waals surface area contributed by atoms with E-state index in [2.05, 4.69) is 24.1 Å². The minimum Gasteiger partial charge on any atom is -0.465 e. The number of hydrogen-bond acceptors (Lipinski definition) is 4. The normalized spacial score (nSPS) is 26.1. The van der Waals surface area contributed by atoms with Crippen LogP contribution in [-0.2, 0) is 9.53 Å². The monoisotopic (exact) mass is 270 g/mol. The van der Waals surface area contributed by atoms with Crippen LogP contribution in [0.4, 0.5) is 0 Å². The van der Waals surface area contributed by atoms with Crippen molar-refractivity contribution >= 4 is 5.97 Å². The quantitative estimate of drug-likeness (QED) is 0.720. The van der Waals surface area contributed by atoms with Crippen LogP contribution in [0.1, 0.15) is 53.4 Å². The molecule has 0 radical (unpaired) electrons. The number of nitrogens with zero attached hydrogens (tertiary/aromatic N) is 1. The summed E-state index contributed by atoms with van der Waals surface area (Å²) >= 11 is 0. The van der Waals surface area contributed by atoms with E-state index in [1.54, 1.807) is 0 Å². The van der Waals surface area contributed by atoms with Crippen molar-refractivity contribution in [1.82, 2.24) is 10.2 Å². The molecular weight excluding hydrogens is 240 g/mol. The van der Waals surface area contributed by atoms with E-state index in [0.29, 0.717) is 18.7 Å². The van der Waals surface area contributed by atoms with Crippen molar-refractivity contribution in [2.24, 2.45) is 0 Å². The number of likely N-dealkylation sites (N-methyl/N-ethyl adjacent to an activating group) is 1. The fourth-order valence-corrected chi connectivity index (χ4v) is 2.99. The molecule has 0 amide bonds. The fraction of sp³-hybridized carbons (Fsp3) is 0.933. The molecule has 1 rings (SSSR count). The fourth-order valence-electron chi connectivity index (χ4n) is 2.99. The lowest BCUT2D eigenvalue weighted by Crippen LogP contribution is -2.47. The number of carbonyl (C=O) groups is 1. The summed E-state index contributed by atoms with van der Waals surface area (Å²) in [6, 6.07) is 1.10. The van der Waals surface area contributed by atoms with E-state index in [1.165, 1.54) is 19.3 Å². The summed E-state index contributed by atoms with van der Waals surface area (Å²) in [5.41, 5.74) is 0. The molecule has 1 fully saturated rings. The van der Waals surface area contributed by atoms with E-state index >= 15 is 0 Å².